The summed E-state index contributed by atoms with van der Waals surface area (Å²) in [5, 5.41) is 2.84. The molecule has 0 aliphatic rings. The molecule has 0 aromatic heterocycles. The van der Waals surface area contributed by atoms with Gasteiger partial charge in [0.1, 0.15) is 5.75 Å². The Labute approximate surface area is 102 Å². The number of hydrogen-bond acceptors (Lipinski definition) is 3. The highest BCUT2D eigenvalue weighted by atomic mass is 16.5. The van der Waals surface area contributed by atoms with Crippen molar-refractivity contribution in [1.29, 1.82) is 0 Å². The Bertz CT molecular complexity index is 366. The zero-order chi connectivity index (χ0) is 12.7. The minimum absolute atomic E-state index is 0.0909. The molecule has 1 unspecified atom stereocenters. The van der Waals surface area contributed by atoms with E-state index in [1.165, 1.54) is 0 Å². The molecule has 94 valence electrons. The van der Waals surface area contributed by atoms with Gasteiger partial charge in [-0.1, -0.05) is 13.0 Å². The predicted molar refractivity (Wildman–Crippen MR) is 68.2 cm³/mol. The first-order chi connectivity index (χ1) is 8.17. The van der Waals surface area contributed by atoms with Gasteiger partial charge in [-0.2, -0.15) is 0 Å². The molecule has 0 fully saturated rings. The Balaban J connectivity index is 2.59. The lowest BCUT2D eigenvalue weighted by molar-refractivity contribution is 0.0948. The first-order valence-corrected chi connectivity index (χ1v) is 5.88. The number of benzene rings is 1. The van der Waals surface area contributed by atoms with Gasteiger partial charge in [0, 0.05) is 12.1 Å². The van der Waals surface area contributed by atoms with Crippen molar-refractivity contribution in [3.8, 4) is 5.75 Å². The van der Waals surface area contributed by atoms with E-state index < -0.39 is 0 Å². The monoisotopic (exact) mass is 236 g/mol. The number of nitrogens with two attached hydrogens (primary N) is 1. The van der Waals surface area contributed by atoms with Gasteiger partial charge in [-0.25, -0.2) is 0 Å². The standard InChI is InChI=1S/C13H20N2O2/c1-3-17-12-6-4-5-11(7-12)13(16)15-9-10(2)8-14/h4-7,10H,3,8-9,14H2,1-2H3,(H,15,16). The average molecular weight is 236 g/mol. The molecule has 0 bridgehead atoms. The maximum Gasteiger partial charge on any atom is 0.251 e. The number of nitrogens with one attached hydrogen (secondary N) is 1. The lowest BCUT2D eigenvalue weighted by Crippen LogP contribution is -2.31. The maximum atomic E-state index is 11.8. The van der Waals surface area contributed by atoms with Crippen LogP contribution >= 0.6 is 0 Å². The SMILES string of the molecule is CCOc1cccc(C(=O)NCC(C)CN)c1. The minimum atomic E-state index is -0.0909. The quantitative estimate of drug-likeness (QED) is 0.785. The van der Waals surface area contributed by atoms with Gasteiger partial charge < -0.3 is 15.8 Å². The molecule has 0 radical (unpaired) electrons. The van der Waals surface area contributed by atoms with Crippen molar-refractivity contribution in [3.05, 3.63) is 29.8 Å². The van der Waals surface area contributed by atoms with Crippen LogP contribution in [0.3, 0.4) is 0 Å². The second-order valence-corrected chi connectivity index (χ2v) is 4.01. The van der Waals surface area contributed by atoms with Crippen LogP contribution < -0.4 is 15.8 Å². The molecule has 1 aromatic rings. The van der Waals surface area contributed by atoms with Crippen LogP contribution in [0.2, 0.25) is 0 Å². The number of rotatable bonds is 6. The lowest BCUT2D eigenvalue weighted by atomic mass is 10.1. The van der Waals surface area contributed by atoms with E-state index >= 15 is 0 Å². The van der Waals surface area contributed by atoms with Gasteiger partial charge in [0.05, 0.1) is 6.61 Å². The zero-order valence-corrected chi connectivity index (χ0v) is 10.4. The van der Waals surface area contributed by atoms with Crippen molar-refractivity contribution < 1.29 is 9.53 Å². The molecule has 0 saturated heterocycles. The Kier molecular flexibility index (Phi) is 5.49. The molecular weight excluding hydrogens is 216 g/mol. The molecule has 1 aromatic carbocycles. The van der Waals surface area contributed by atoms with E-state index in [1.54, 1.807) is 12.1 Å². The summed E-state index contributed by atoms with van der Waals surface area (Å²) in [6.45, 7) is 5.66. The third kappa shape index (κ3) is 4.44. The molecule has 1 rings (SSSR count). The van der Waals surface area contributed by atoms with Crippen LogP contribution in [0.5, 0.6) is 5.75 Å². The van der Waals surface area contributed by atoms with Crippen molar-refractivity contribution >= 4 is 5.91 Å². The Morgan fingerprint density at radius 2 is 2.29 bits per heavy atom. The third-order valence-corrected chi connectivity index (χ3v) is 2.42. The minimum Gasteiger partial charge on any atom is -0.494 e. The van der Waals surface area contributed by atoms with Crippen LogP contribution in [0.25, 0.3) is 0 Å². The molecule has 0 spiro atoms. The van der Waals surface area contributed by atoms with Gasteiger partial charge in [0.2, 0.25) is 0 Å². The van der Waals surface area contributed by atoms with E-state index in [0.717, 1.165) is 0 Å². The molecule has 0 aliphatic carbocycles. The summed E-state index contributed by atoms with van der Waals surface area (Å²) in [6, 6.07) is 7.16. The van der Waals surface area contributed by atoms with Crippen molar-refractivity contribution in [2.24, 2.45) is 11.7 Å². The van der Waals surface area contributed by atoms with Crippen molar-refractivity contribution in [2.45, 2.75) is 13.8 Å². The van der Waals surface area contributed by atoms with Gasteiger partial charge in [-0.3, -0.25) is 4.79 Å². The van der Waals surface area contributed by atoms with E-state index in [2.05, 4.69) is 5.32 Å². The van der Waals surface area contributed by atoms with Crippen molar-refractivity contribution in [2.75, 3.05) is 19.7 Å². The topological polar surface area (TPSA) is 64.3 Å². The number of hydrogen-bond donors (Lipinski definition) is 2. The first kappa shape index (κ1) is 13.5. The van der Waals surface area contributed by atoms with E-state index in [9.17, 15) is 4.79 Å². The zero-order valence-electron chi connectivity index (χ0n) is 10.4. The van der Waals surface area contributed by atoms with Gasteiger partial charge >= 0.3 is 0 Å². The fraction of sp³-hybridized carbons (Fsp3) is 0.462. The molecular formula is C13H20N2O2. The smallest absolute Gasteiger partial charge is 0.251 e. The number of amides is 1. The highest BCUT2D eigenvalue weighted by Gasteiger charge is 2.07. The fourth-order valence-corrected chi connectivity index (χ4v) is 1.35. The van der Waals surface area contributed by atoms with Crippen LogP contribution in [-0.4, -0.2) is 25.6 Å². The van der Waals surface area contributed by atoms with Gasteiger partial charge in [0.15, 0.2) is 0 Å². The van der Waals surface area contributed by atoms with E-state index in [1.807, 2.05) is 26.0 Å². The van der Waals surface area contributed by atoms with Gasteiger partial charge in [0.25, 0.3) is 5.91 Å². The van der Waals surface area contributed by atoms with Crippen LogP contribution in [0.15, 0.2) is 24.3 Å². The Hall–Kier alpha value is -1.55. The summed E-state index contributed by atoms with van der Waals surface area (Å²) >= 11 is 0. The fourth-order valence-electron chi connectivity index (χ4n) is 1.35. The van der Waals surface area contributed by atoms with Crippen LogP contribution in [-0.2, 0) is 0 Å². The molecule has 1 amide bonds. The second kappa shape index (κ2) is 6.91. The molecule has 3 N–H and O–H groups in total. The van der Waals surface area contributed by atoms with Gasteiger partial charge in [-0.15, -0.1) is 0 Å². The predicted octanol–water partition coefficient (Wildman–Crippen LogP) is 1.41. The van der Waals surface area contributed by atoms with Crippen LogP contribution in [0.4, 0.5) is 0 Å². The van der Waals surface area contributed by atoms with Crippen molar-refractivity contribution in [1.82, 2.24) is 5.32 Å². The molecule has 4 nitrogen and oxygen atoms in total. The van der Waals surface area contributed by atoms with Crippen LogP contribution in [0.1, 0.15) is 24.2 Å². The molecule has 1 atom stereocenters. The van der Waals surface area contributed by atoms with E-state index in [4.69, 9.17) is 10.5 Å². The highest BCUT2D eigenvalue weighted by molar-refractivity contribution is 5.94. The maximum absolute atomic E-state index is 11.8. The summed E-state index contributed by atoms with van der Waals surface area (Å²) in [5.74, 6) is 0.910. The Morgan fingerprint density at radius 1 is 1.53 bits per heavy atom. The number of carbonyl (C=O) groups is 1. The second-order valence-electron chi connectivity index (χ2n) is 4.01. The molecule has 0 aliphatic heterocycles. The van der Waals surface area contributed by atoms with Gasteiger partial charge in [-0.05, 0) is 37.6 Å². The number of ether oxygens (including phenoxy) is 1. The Morgan fingerprint density at radius 3 is 2.94 bits per heavy atom. The molecule has 0 saturated carbocycles. The van der Waals surface area contributed by atoms with Crippen LogP contribution in [0, 0.1) is 5.92 Å². The normalized spacial score (nSPS) is 11.9. The average Bonchev–Trinajstić information content (AvgIpc) is 2.36. The lowest BCUT2D eigenvalue weighted by Gasteiger charge is -2.10. The summed E-state index contributed by atoms with van der Waals surface area (Å²) in [7, 11) is 0. The molecule has 4 heteroatoms. The summed E-state index contributed by atoms with van der Waals surface area (Å²) in [6.07, 6.45) is 0. The molecule has 0 heterocycles. The summed E-state index contributed by atoms with van der Waals surface area (Å²) < 4.78 is 5.34. The number of carbonyl (C=O) groups excluding carboxylic acids is 1. The third-order valence-electron chi connectivity index (χ3n) is 2.42. The summed E-state index contributed by atoms with van der Waals surface area (Å²) in [5.41, 5.74) is 6.10. The largest absolute Gasteiger partial charge is 0.494 e. The summed E-state index contributed by atoms with van der Waals surface area (Å²) in [4.78, 5) is 11.8. The highest BCUT2D eigenvalue weighted by Crippen LogP contribution is 2.13. The molecule has 17 heavy (non-hydrogen) atoms. The van der Waals surface area contributed by atoms with E-state index in [-0.39, 0.29) is 11.8 Å². The van der Waals surface area contributed by atoms with E-state index in [0.29, 0.717) is 31.0 Å². The first-order valence-electron chi connectivity index (χ1n) is 5.88. The van der Waals surface area contributed by atoms with Crippen molar-refractivity contribution in [3.63, 3.8) is 0 Å².